The van der Waals surface area contributed by atoms with E-state index >= 15 is 0 Å². The van der Waals surface area contributed by atoms with Crippen LogP contribution >= 0.6 is 69.6 Å². The third-order valence-corrected chi connectivity index (χ3v) is 4.16. The minimum Gasteiger partial charge on any atom is -0.121 e. The number of halogens is 6. The maximum Gasteiger partial charge on any atom is 0.0524 e. The first-order valence-electron chi connectivity index (χ1n) is 3.93. The average Bonchev–Trinajstić information content (AvgIpc) is 2.19. The largest absolute Gasteiger partial charge is 0.121 e. The van der Waals surface area contributed by atoms with Crippen LogP contribution in [0.4, 0.5) is 0 Å². The third kappa shape index (κ3) is 2.62. The normalized spacial score (nSPS) is 10.8. The van der Waals surface area contributed by atoms with E-state index in [-0.39, 0.29) is 17.6 Å². The van der Waals surface area contributed by atoms with Crippen molar-refractivity contribution >= 4 is 69.6 Å². The van der Waals surface area contributed by atoms with Crippen LogP contribution in [0.15, 0.2) is 0 Å². The summed E-state index contributed by atoms with van der Waals surface area (Å²) in [6, 6.07) is 0. The second kappa shape index (κ2) is 6.05. The van der Waals surface area contributed by atoms with Gasteiger partial charge < -0.3 is 0 Å². The monoisotopic (exact) mass is 324 g/mol. The molecule has 0 bridgehead atoms. The van der Waals surface area contributed by atoms with Gasteiger partial charge in [-0.3, -0.25) is 0 Å². The van der Waals surface area contributed by atoms with E-state index in [1.807, 2.05) is 0 Å². The highest BCUT2D eigenvalue weighted by Crippen LogP contribution is 2.40. The zero-order chi connectivity index (χ0) is 11.6. The molecule has 15 heavy (non-hydrogen) atoms. The SMILES string of the molecule is ClCc1c(Cl)c(CCl)c(Cl)c(CCl)c1Cl. The number of hydrogen-bond acceptors (Lipinski definition) is 0. The van der Waals surface area contributed by atoms with Gasteiger partial charge in [0.05, 0.1) is 32.7 Å². The summed E-state index contributed by atoms with van der Waals surface area (Å²) < 4.78 is 0. The first-order valence-corrected chi connectivity index (χ1v) is 6.67. The van der Waals surface area contributed by atoms with Crippen molar-refractivity contribution in [1.29, 1.82) is 0 Å². The highest BCUT2D eigenvalue weighted by Gasteiger charge is 2.19. The van der Waals surface area contributed by atoms with Crippen LogP contribution < -0.4 is 0 Å². The molecule has 0 heterocycles. The molecule has 84 valence electrons. The summed E-state index contributed by atoms with van der Waals surface area (Å²) in [6.07, 6.45) is 0. The lowest BCUT2D eigenvalue weighted by Gasteiger charge is -2.14. The smallest absolute Gasteiger partial charge is 0.0524 e. The fourth-order valence-electron chi connectivity index (χ4n) is 1.19. The van der Waals surface area contributed by atoms with Crippen LogP contribution in [0.3, 0.4) is 0 Å². The Morgan fingerprint density at radius 3 is 0.867 bits per heavy atom. The van der Waals surface area contributed by atoms with E-state index in [0.717, 1.165) is 0 Å². The molecular formula is C9H6Cl6. The van der Waals surface area contributed by atoms with Gasteiger partial charge in [0.15, 0.2) is 0 Å². The molecule has 0 spiro atoms. The molecule has 0 radical (unpaired) electrons. The summed E-state index contributed by atoms with van der Waals surface area (Å²) in [5, 5.41) is 1.26. The van der Waals surface area contributed by atoms with Gasteiger partial charge in [0.2, 0.25) is 0 Å². The van der Waals surface area contributed by atoms with E-state index in [2.05, 4.69) is 0 Å². The fraction of sp³-hybridized carbons (Fsp3) is 0.333. The molecule has 0 atom stereocenters. The van der Waals surface area contributed by atoms with E-state index < -0.39 is 0 Å². The second-order valence-corrected chi connectivity index (χ2v) is 4.71. The molecule has 0 amide bonds. The maximum atomic E-state index is 6.07. The Kier molecular flexibility index (Phi) is 5.65. The van der Waals surface area contributed by atoms with Crippen LogP contribution in [0, 0.1) is 0 Å². The van der Waals surface area contributed by atoms with Gasteiger partial charge in [-0.1, -0.05) is 34.8 Å². The van der Waals surface area contributed by atoms with Gasteiger partial charge in [-0.15, -0.1) is 34.8 Å². The van der Waals surface area contributed by atoms with Crippen molar-refractivity contribution in [1.82, 2.24) is 0 Å². The molecule has 1 aromatic carbocycles. The second-order valence-electron chi connectivity index (χ2n) is 2.78. The first kappa shape index (κ1) is 14.0. The lowest BCUT2D eigenvalue weighted by Crippen LogP contribution is -1.97. The van der Waals surface area contributed by atoms with Crippen molar-refractivity contribution in [3.8, 4) is 0 Å². The highest BCUT2D eigenvalue weighted by molar-refractivity contribution is 6.43. The van der Waals surface area contributed by atoms with Gasteiger partial charge in [0.25, 0.3) is 0 Å². The molecule has 0 aliphatic carbocycles. The molecule has 0 aliphatic rings. The number of rotatable bonds is 3. The van der Waals surface area contributed by atoms with Crippen molar-refractivity contribution in [2.45, 2.75) is 17.6 Å². The summed E-state index contributed by atoms with van der Waals surface area (Å²) in [6.45, 7) is 0. The molecule has 0 saturated heterocycles. The molecule has 0 unspecified atom stereocenters. The Morgan fingerprint density at radius 2 is 0.733 bits per heavy atom. The molecule has 6 heteroatoms. The minimum absolute atomic E-state index is 0.197. The number of alkyl halides is 3. The summed E-state index contributed by atoms with van der Waals surface area (Å²) in [4.78, 5) is 0. The van der Waals surface area contributed by atoms with Crippen molar-refractivity contribution in [3.63, 3.8) is 0 Å². The van der Waals surface area contributed by atoms with E-state index in [1.54, 1.807) is 0 Å². The predicted octanol–water partition coefficient (Wildman–Crippen LogP) is 5.86. The quantitative estimate of drug-likeness (QED) is 0.610. The van der Waals surface area contributed by atoms with Gasteiger partial charge in [0, 0.05) is 16.7 Å². The molecule has 0 aliphatic heterocycles. The summed E-state index contributed by atoms with van der Waals surface area (Å²) in [5.74, 6) is 0.591. The van der Waals surface area contributed by atoms with Crippen LogP contribution in [0.2, 0.25) is 15.1 Å². The molecule has 0 N–H and O–H groups in total. The Morgan fingerprint density at radius 1 is 0.533 bits per heavy atom. The zero-order valence-corrected chi connectivity index (χ0v) is 11.9. The van der Waals surface area contributed by atoms with E-state index in [4.69, 9.17) is 69.6 Å². The Bertz CT molecular complexity index is 295. The van der Waals surface area contributed by atoms with Crippen molar-refractivity contribution in [2.75, 3.05) is 0 Å². The molecule has 1 rings (SSSR count). The van der Waals surface area contributed by atoms with Crippen LogP contribution in [-0.2, 0) is 17.6 Å². The number of hydrogen-bond donors (Lipinski definition) is 0. The van der Waals surface area contributed by atoms with Gasteiger partial charge in [-0.05, 0) is 0 Å². The maximum absolute atomic E-state index is 6.07. The first-order chi connectivity index (χ1) is 7.08. The minimum atomic E-state index is 0.197. The predicted molar refractivity (Wildman–Crippen MR) is 70.1 cm³/mol. The Balaban J connectivity index is 3.57. The van der Waals surface area contributed by atoms with Crippen LogP contribution in [0.5, 0.6) is 0 Å². The lowest BCUT2D eigenvalue weighted by molar-refractivity contribution is 1.25. The van der Waals surface area contributed by atoms with Crippen LogP contribution in [-0.4, -0.2) is 0 Å². The van der Waals surface area contributed by atoms with Crippen LogP contribution in [0.25, 0.3) is 0 Å². The third-order valence-electron chi connectivity index (χ3n) is 1.99. The van der Waals surface area contributed by atoms with Crippen LogP contribution in [0.1, 0.15) is 16.7 Å². The van der Waals surface area contributed by atoms with Crippen molar-refractivity contribution in [2.24, 2.45) is 0 Å². The molecule has 1 aromatic rings. The van der Waals surface area contributed by atoms with Crippen molar-refractivity contribution in [3.05, 3.63) is 31.8 Å². The Hall–Kier alpha value is 0.960. The fourth-order valence-corrected chi connectivity index (χ4v) is 3.51. The summed E-state index contributed by atoms with van der Waals surface area (Å²) >= 11 is 35.5. The average molecular weight is 327 g/mol. The Labute approximate surface area is 118 Å². The molecule has 0 saturated carbocycles. The van der Waals surface area contributed by atoms with Gasteiger partial charge in [-0.2, -0.15) is 0 Å². The standard InChI is InChI=1S/C9H6Cl6/c10-1-4-7(13)5(2-11)9(15)6(3-12)8(4)14/h1-3H2. The summed E-state index contributed by atoms with van der Waals surface area (Å²) in [7, 11) is 0. The molecular weight excluding hydrogens is 321 g/mol. The molecule has 0 fully saturated rings. The molecule has 0 aromatic heterocycles. The zero-order valence-electron chi connectivity index (χ0n) is 7.39. The number of benzene rings is 1. The highest BCUT2D eigenvalue weighted by atomic mass is 35.5. The topological polar surface area (TPSA) is 0 Å². The van der Waals surface area contributed by atoms with E-state index in [1.165, 1.54) is 0 Å². The van der Waals surface area contributed by atoms with Gasteiger partial charge in [-0.25, -0.2) is 0 Å². The van der Waals surface area contributed by atoms with Gasteiger partial charge in [0.1, 0.15) is 0 Å². The van der Waals surface area contributed by atoms with E-state index in [0.29, 0.717) is 31.8 Å². The summed E-state index contributed by atoms with van der Waals surface area (Å²) in [5.41, 5.74) is 1.86. The van der Waals surface area contributed by atoms with Crippen molar-refractivity contribution < 1.29 is 0 Å². The van der Waals surface area contributed by atoms with E-state index in [9.17, 15) is 0 Å². The van der Waals surface area contributed by atoms with Gasteiger partial charge >= 0.3 is 0 Å². The lowest BCUT2D eigenvalue weighted by atomic mass is 10.1. The molecule has 0 nitrogen and oxygen atoms in total.